The van der Waals surface area contributed by atoms with E-state index in [-0.39, 0.29) is 0 Å². The third-order valence-electron chi connectivity index (χ3n) is 4.85. The summed E-state index contributed by atoms with van der Waals surface area (Å²) in [6.45, 7) is 2.95. The predicted octanol–water partition coefficient (Wildman–Crippen LogP) is 2.43. The second-order valence-corrected chi connectivity index (χ2v) is 6.71. The predicted molar refractivity (Wildman–Crippen MR) is 103 cm³/mol. The molecule has 7 nitrogen and oxygen atoms in total. The minimum Gasteiger partial charge on any atom is -0.441 e. The van der Waals surface area contributed by atoms with Crippen LogP contribution < -0.4 is 16.0 Å². The van der Waals surface area contributed by atoms with Crippen molar-refractivity contribution in [2.45, 2.75) is 19.3 Å². The van der Waals surface area contributed by atoms with Gasteiger partial charge >= 0.3 is 0 Å². The van der Waals surface area contributed by atoms with Gasteiger partial charge in [-0.25, -0.2) is 9.97 Å². The number of piperidine rings is 1. The van der Waals surface area contributed by atoms with Gasteiger partial charge in [0.2, 0.25) is 11.8 Å². The molecule has 1 fully saturated rings. The van der Waals surface area contributed by atoms with E-state index in [4.69, 9.17) is 4.74 Å². The first-order valence-corrected chi connectivity index (χ1v) is 9.27. The van der Waals surface area contributed by atoms with Gasteiger partial charge in [-0.1, -0.05) is 18.2 Å². The van der Waals surface area contributed by atoms with Crippen LogP contribution in [0.3, 0.4) is 0 Å². The molecule has 138 valence electrons. The number of hydrogen-bond donors (Lipinski definition) is 3. The van der Waals surface area contributed by atoms with E-state index in [9.17, 15) is 5.26 Å². The van der Waals surface area contributed by atoms with Crippen molar-refractivity contribution in [3.63, 3.8) is 0 Å². The average Bonchev–Trinajstić information content (AvgIpc) is 2.98. The van der Waals surface area contributed by atoms with E-state index in [1.165, 1.54) is 0 Å². The fraction of sp³-hybridized carbons (Fsp3) is 0.350. The SMILES string of the molecule is N#C/C(=C1\NC2=C(CC=CC=C2)O1)c1ccnc(NCC2CCNCC2)n1. The molecule has 3 N–H and O–H groups in total. The molecule has 4 rings (SSSR count). The largest absolute Gasteiger partial charge is 0.441 e. The molecular formula is C20H22N6O. The number of anilines is 1. The number of aromatic nitrogens is 2. The molecule has 1 aliphatic carbocycles. The molecule has 0 amide bonds. The number of allylic oxidation sites excluding steroid dienone is 5. The van der Waals surface area contributed by atoms with Crippen LogP contribution in [0.5, 0.6) is 0 Å². The van der Waals surface area contributed by atoms with Gasteiger partial charge in [0.15, 0.2) is 0 Å². The highest BCUT2D eigenvalue weighted by Crippen LogP contribution is 2.28. The first-order valence-electron chi connectivity index (χ1n) is 9.27. The lowest BCUT2D eigenvalue weighted by Crippen LogP contribution is -2.31. The van der Waals surface area contributed by atoms with Crippen LogP contribution in [0, 0.1) is 17.2 Å². The van der Waals surface area contributed by atoms with Gasteiger partial charge in [-0.05, 0) is 44.0 Å². The Kier molecular flexibility index (Phi) is 5.17. The summed E-state index contributed by atoms with van der Waals surface area (Å²) in [6, 6.07) is 3.94. The van der Waals surface area contributed by atoms with Crippen molar-refractivity contribution in [1.29, 1.82) is 5.26 Å². The molecule has 1 aromatic heterocycles. The molecule has 0 radical (unpaired) electrons. The van der Waals surface area contributed by atoms with Crippen LogP contribution in [0.25, 0.3) is 5.57 Å². The maximum Gasteiger partial charge on any atom is 0.223 e. The Bertz CT molecular complexity index is 871. The molecule has 0 saturated carbocycles. The third kappa shape index (κ3) is 4.01. The third-order valence-corrected chi connectivity index (χ3v) is 4.85. The number of nitrogens with one attached hydrogen (secondary N) is 3. The van der Waals surface area contributed by atoms with Crippen LogP contribution in [-0.2, 0) is 4.74 Å². The number of hydrogen-bond acceptors (Lipinski definition) is 7. The summed E-state index contributed by atoms with van der Waals surface area (Å²) in [4.78, 5) is 8.81. The number of ether oxygens (including phenoxy) is 1. The zero-order chi connectivity index (χ0) is 18.5. The minimum absolute atomic E-state index is 0.368. The summed E-state index contributed by atoms with van der Waals surface area (Å²) in [7, 11) is 0. The van der Waals surface area contributed by atoms with Gasteiger partial charge in [0, 0.05) is 19.2 Å². The molecule has 7 heteroatoms. The van der Waals surface area contributed by atoms with Crippen LogP contribution in [0.2, 0.25) is 0 Å². The number of nitriles is 1. The molecule has 0 aromatic carbocycles. The quantitative estimate of drug-likeness (QED) is 0.708. The van der Waals surface area contributed by atoms with Crippen molar-refractivity contribution in [3.05, 3.63) is 59.6 Å². The van der Waals surface area contributed by atoms with Crippen LogP contribution >= 0.6 is 0 Å². The van der Waals surface area contributed by atoms with Gasteiger partial charge in [0.1, 0.15) is 17.4 Å². The Morgan fingerprint density at radius 1 is 1.33 bits per heavy atom. The summed E-state index contributed by atoms with van der Waals surface area (Å²) < 4.78 is 5.88. The second-order valence-electron chi connectivity index (χ2n) is 6.71. The molecule has 0 bridgehead atoms. The van der Waals surface area contributed by atoms with Gasteiger partial charge in [0.05, 0.1) is 11.4 Å². The van der Waals surface area contributed by atoms with Crippen molar-refractivity contribution in [2.24, 2.45) is 5.92 Å². The molecule has 1 aromatic rings. The van der Waals surface area contributed by atoms with E-state index in [1.807, 2.05) is 24.3 Å². The maximum absolute atomic E-state index is 9.69. The van der Waals surface area contributed by atoms with Crippen molar-refractivity contribution in [2.75, 3.05) is 25.0 Å². The highest BCUT2D eigenvalue weighted by molar-refractivity contribution is 5.77. The van der Waals surface area contributed by atoms with E-state index in [2.05, 4.69) is 32.0 Å². The molecule has 0 unspecified atom stereocenters. The molecular weight excluding hydrogens is 340 g/mol. The lowest BCUT2D eigenvalue weighted by molar-refractivity contribution is 0.311. The summed E-state index contributed by atoms with van der Waals surface area (Å²) in [5.41, 5.74) is 1.79. The van der Waals surface area contributed by atoms with Gasteiger partial charge in [0.25, 0.3) is 0 Å². The Morgan fingerprint density at radius 2 is 2.22 bits per heavy atom. The van der Waals surface area contributed by atoms with Crippen molar-refractivity contribution in [3.8, 4) is 6.07 Å². The molecule has 27 heavy (non-hydrogen) atoms. The summed E-state index contributed by atoms with van der Waals surface area (Å²) in [6.07, 6.45) is 12.5. The van der Waals surface area contributed by atoms with Gasteiger partial charge < -0.3 is 20.7 Å². The van der Waals surface area contributed by atoms with Crippen molar-refractivity contribution >= 4 is 11.5 Å². The average molecular weight is 362 g/mol. The first kappa shape index (κ1) is 17.3. The lowest BCUT2D eigenvalue weighted by Gasteiger charge is -2.22. The Hall–Kier alpha value is -3.11. The molecule has 0 spiro atoms. The molecule has 2 aliphatic heterocycles. The summed E-state index contributed by atoms with van der Waals surface area (Å²) >= 11 is 0. The topological polar surface area (TPSA) is 94.9 Å². The number of nitrogens with zero attached hydrogens (tertiary/aromatic N) is 3. The smallest absolute Gasteiger partial charge is 0.223 e. The monoisotopic (exact) mass is 362 g/mol. The van der Waals surface area contributed by atoms with Crippen molar-refractivity contribution in [1.82, 2.24) is 20.6 Å². The zero-order valence-corrected chi connectivity index (χ0v) is 15.0. The Balaban J connectivity index is 1.49. The molecule has 3 heterocycles. The zero-order valence-electron chi connectivity index (χ0n) is 15.0. The molecule has 0 atom stereocenters. The van der Waals surface area contributed by atoms with Gasteiger partial charge in [-0.3, -0.25) is 0 Å². The second kappa shape index (κ2) is 8.06. The van der Waals surface area contributed by atoms with Crippen LogP contribution in [-0.4, -0.2) is 29.6 Å². The summed E-state index contributed by atoms with van der Waals surface area (Å²) in [5.74, 6) is 2.38. The standard InChI is InChI=1S/C20H22N6O/c21-12-15(19-25-17-4-2-1-3-5-18(17)27-19)16-8-11-23-20(26-16)24-13-14-6-9-22-10-7-14/h1-4,8,11,14,22,25H,5-7,9-10,13H2,(H,23,24,26)/b19-15-. The molecule has 3 aliphatic rings. The highest BCUT2D eigenvalue weighted by Gasteiger charge is 2.23. The summed E-state index contributed by atoms with van der Waals surface area (Å²) in [5, 5.41) is 19.5. The van der Waals surface area contributed by atoms with Crippen LogP contribution in [0.1, 0.15) is 25.0 Å². The fourth-order valence-electron chi connectivity index (χ4n) is 3.33. The van der Waals surface area contributed by atoms with Crippen LogP contribution in [0.4, 0.5) is 5.95 Å². The maximum atomic E-state index is 9.69. The van der Waals surface area contributed by atoms with Crippen LogP contribution in [0.15, 0.2) is 53.9 Å². The van der Waals surface area contributed by atoms with Crippen molar-refractivity contribution < 1.29 is 4.74 Å². The fourth-order valence-corrected chi connectivity index (χ4v) is 3.33. The Morgan fingerprint density at radius 3 is 3.07 bits per heavy atom. The van der Waals surface area contributed by atoms with Gasteiger partial charge in [-0.2, -0.15) is 5.26 Å². The normalized spacial score (nSPS) is 21.0. The van der Waals surface area contributed by atoms with E-state index in [1.54, 1.807) is 12.3 Å². The first-order chi connectivity index (χ1) is 13.3. The number of rotatable bonds is 4. The lowest BCUT2D eigenvalue weighted by atomic mass is 9.98. The van der Waals surface area contributed by atoms with E-state index < -0.39 is 0 Å². The van der Waals surface area contributed by atoms with E-state index >= 15 is 0 Å². The van der Waals surface area contributed by atoms with E-state index in [0.29, 0.717) is 35.4 Å². The minimum atomic E-state index is 0.368. The highest BCUT2D eigenvalue weighted by atomic mass is 16.5. The molecule has 1 saturated heterocycles. The van der Waals surface area contributed by atoms with E-state index in [0.717, 1.165) is 43.9 Å². The van der Waals surface area contributed by atoms with Gasteiger partial charge in [-0.15, -0.1) is 0 Å². The Labute approximate surface area is 158 Å².